The minimum Gasteiger partial charge on any atom is -0.433 e. The quantitative estimate of drug-likeness (QED) is 0.184. The van der Waals surface area contributed by atoms with Crippen LogP contribution in [0.15, 0.2) is 24.3 Å². The average molecular weight is 441 g/mol. The van der Waals surface area contributed by atoms with Crippen LogP contribution in [0.1, 0.15) is 26.3 Å². The average Bonchev–Trinajstić information content (AvgIpc) is 2.70. The van der Waals surface area contributed by atoms with Crippen molar-refractivity contribution in [3.63, 3.8) is 0 Å². The molecule has 3 atom stereocenters. The number of nitrogens with zero attached hydrogens (tertiary/aromatic N) is 2. The van der Waals surface area contributed by atoms with E-state index in [9.17, 15) is 19.7 Å². The molecule has 10 heteroatoms. The molecule has 1 heterocycles. The molecule has 0 saturated carbocycles. The number of hydrogen-bond donors (Lipinski definition) is 0. The molecule has 1 aliphatic heterocycles. The Kier molecular flexibility index (Phi) is 7.70. The molecular weight excluding hydrogens is 412 g/mol. The topological polar surface area (TPSA) is 99.0 Å². The van der Waals surface area contributed by atoms with Gasteiger partial charge in [0.15, 0.2) is 8.24 Å². The van der Waals surface area contributed by atoms with E-state index in [1.54, 1.807) is 11.8 Å². The zero-order chi connectivity index (χ0) is 21.8. The van der Waals surface area contributed by atoms with Crippen molar-refractivity contribution < 1.29 is 24.0 Å². The molecule has 0 N–H and O–H groups in total. The number of benzene rings is 1. The van der Waals surface area contributed by atoms with Crippen LogP contribution in [0.5, 0.6) is 0 Å². The lowest BCUT2D eigenvalue weighted by molar-refractivity contribution is -0.384. The molecule has 1 aromatic carbocycles. The van der Waals surface area contributed by atoms with Crippen molar-refractivity contribution in [2.45, 2.75) is 50.9 Å². The first kappa shape index (κ1) is 23.2. The fourth-order valence-electron chi connectivity index (χ4n) is 3.40. The Morgan fingerprint density at radius 1 is 1.31 bits per heavy atom. The molecule has 1 aliphatic rings. The summed E-state index contributed by atoms with van der Waals surface area (Å²) in [6.45, 7) is 8.64. The standard InChI is InChI=1S/C19H28N2O6SSi/c1-6-29(5,13(2)3)20-17(22)16(18(20)28-4)12-27-19(23)26-11-14-7-9-15(10-8-14)21(24)25/h7-10,13,16,18H,6,11-12H2,1-5H3/t16-,18+,29?/m1/s1. The van der Waals surface area contributed by atoms with E-state index < -0.39 is 19.3 Å². The van der Waals surface area contributed by atoms with Crippen LogP contribution in [0.25, 0.3) is 0 Å². The number of amides is 1. The zero-order valence-corrected chi connectivity index (χ0v) is 19.2. The largest absolute Gasteiger partial charge is 0.508 e. The highest BCUT2D eigenvalue weighted by Gasteiger charge is 2.55. The van der Waals surface area contributed by atoms with Gasteiger partial charge in [0, 0.05) is 12.1 Å². The monoisotopic (exact) mass is 440 g/mol. The van der Waals surface area contributed by atoms with Crippen molar-refractivity contribution in [2.75, 3.05) is 12.9 Å². The first-order valence-electron chi connectivity index (χ1n) is 9.54. The molecule has 1 fully saturated rings. The van der Waals surface area contributed by atoms with Gasteiger partial charge in [-0.3, -0.25) is 14.9 Å². The van der Waals surface area contributed by atoms with Gasteiger partial charge in [0.1, 0.15) is 19.1 Å². The van der Waals surface area contributed by atoms with Crippen molar-refractivity contribution in [1.29, 1.82) is 0 Å². The lowest BCUT2D eigenvalue weighted by Gasteiger charge is -2.56. The molecule has 0 radical (unpaired) electrons. The molecule has 0 aromatic heterocycles. The van der Waals surface area contributed by atoms with Crippen molar-refractivity contribution >= 4 is 37.7 Å². The number of nitro groups is 1. The number of non-ortho nitro benzene ring substituents is 1. The predicted octanol–water partition coefficient (Wildman–Crippen LogP) is 4.40. The maximum Gasteiger partial charge on any atom is 0.508 e. The third-order valence-electron chi connectivity index (χ3n) is 5.79. The van der Waals surface area contributed by atoms with Crippen LogP contribution in [0.2, 0.25) is 18.1 Å². The molecule has 0 bridgehead atoms. The second-order valence-electron chi connectivity index (χ2n) is 7.58. The minimum absolute atomic E-state index is 0.00771. The van der Waals surface area contributed by atoms with Gasteiger partial charge in [-0.05, 0) is 35.5 Å². The molecule has 0 aliphatic carbocycles. The van der Waals surface area contributed by atoms with Crippen LogP contribution in [-0.2, 0) is 20.9 Å². The fourth-order valence-corrected chi connectivity index (χ4v) is 8.42. The van der Waals surface area contributed by atoms with Crippen molar-refractivity contribution in [3.8, 4) is 0 Å². The van der Waals surface area contributed by atoms with E-state index in [0.717, 1.165) is 6.04 Å². The Hall–Kier alpha value is -2.07. The van der Waals surface area contributed by atoms with E-state index in [0.29, 0.717) is 11.1 Å². The number of carbonyl (C=O) groups is 2. The van der Waals surface area contributed by atoms with Gasteiger partial charge >= 0.3 is 6.16 Å². The number of rotatable bonds is 9. The highest BCUT2D eigenvalue weighted by atomic mass is 32.2. The Morgan fingerprint density at radius 3 is 2.41 bits per heavy atom. The second-order valence-corrected chi connectivity index (χ2v) is 13.6. The van der Waals surface area contributed by atoms with Crippen LogP contribution in [0.3, 0.4) is 0 Å². The summed E-state index contributed by atoms with van der Waals surface area (Å²) in [5.74, 6) is -0.300. The number of hydrogen-bond acceptors (Lipinski definition) is 7. The van der Waals surface area contributed by atoms with Crippen LogP contribution in [0.4, 0.5) is 10.5 Å². The Balaban J connectivity index is 1.87. The molecule has 2 rings (SSSR count). The van der Waals surface area contributed by atoms with E-state index in [4.69, 9.17) is 9.47 Å². The normalized spacial score (nSPS) is 20.8. The lowest BCUT2D eigenvalue weighted by atomic mass is 10.0. The molecule has 160 valence electrons. The highest BCUT2D eigenvalue weighted by molar-refractivity contribution is 7.99. The smallest absolute Gasteiger partial charge is 0.433 e. The number of thioether (sulfide) groups is 1. The molecule has 1 aromatic rings. The summed E-state index contributed by atoms with van der Waals surface area (Å²) in [5.41, 5.74) is 1.03. The maximum absolute atomic E-state index is 12.8. The van der Waals surface area contributed by atoms with Crippen LogP contribution < -0.4 is 0 Å². The Bertz CT molecular complexity index is 760. The van der Waals surface area contributed by atoms with Gasteiger partial charge in [0.05, 0.1) is 10.3 Å². The lowest BCUT2D eigenvalue weighted by Crippen LogP contribution is -2.71. The highest BCUT2D eigenvalue weighted by Crippen LogP contribution is 2.43. The summed E-state index contributed by atoms with van der Waals surface area (Å²) in [6.07, 6.45) is 1.11. The van der Waals surface area contributed by atoms with E-state index in [2.05, 4.69) is 31.9 Å². The molecule has 0 spiro atoms. The third-order valence-corrected chi connectivity index (χ3v) is 12.5. The van der Waals surface area contributed by atoms with Gasteiger partial charge in [-0.2, -0.15) is 0 Å². The number of carbonyl (C=O) groups excluding carboxylic acids is 2. The third kappa shape index (κ3) is 4.92. The first-order chi connectivity index (χ1) is 13.7. The summed E-state index contributed by atoms with van der Waals surface area (Å²) in [6, 6.07) is 6.71. The van der Waals surface area contributed by atoms with Crippen molar-refractivity contribution in [1.82, 2.24) is 4.57 Å². The zero-order valence-electron chi connectivity index (χ0n) is 17.4. The molecule has 1 saturated heterocycles. The van der Waals surface area contributed by atoms with E-state index in [1.807, 2.05) is 6.26 Å². The van der Waals surface area contributed by atoms with Crippen molar-refractivity contribution in [2.24, 2.45) is 5.92 Å². The van der Waals surface area contributed by atoms with E-state index >= 15 is 0 Å². The molecule has 29 heavy (non-hydrogen) atoms. The number of ether oxygens (including phenoxy) is 2. The van der Waals surface area contributed by atoms with Crippen LogP contribution >= 0.6 is 11.8 Å². The summed E-state index contributed by atoms with van der Waals surface area (Å²) in [7, 11) is -1.89. The molecule has 8 nitrogen and oxygen atoms in total. The molecule has 1 unspecified atom stereocenters. The van der Waals surface area contributed by atoms with E-state index in [-0.39, 0.29) is 36.1 Å². The van der Waals surface area contributed by atoms with Gasteiger partial charge in [-0.1, -0.05) is 27.3 Å². The first-order valence-corrected chi connectivity index (χ1v) is 13.6. The van der Waals surface area contributed by atoms with Crippen LogP contribution in [-0.4, -0.2) is 48.0 Å². The number of β-lactam (4-membered cyclic amide) rings is 1. The second kappa shape index (κ2) is 9.62. The van der Waals surface area contributed by atoms with Gasteiger partial charge in [0.25, 0.3) is 5.69 Å². The maximum atomic E-state index is 12.8. The summed E-state index contributed by atoms with van der Waals surface area (Å²) < 4.78 is 12.3. The van der Waals surface area contributed by atoms with Gasteiger partial charge < -0.3 is 14.0 Å². The summed E-state index contributed by atoms with van der Waals surface area (Å²) in [4.78, 5) is 34.8. The molecular formula is C19H28N2O6SSi. The predicted molar refractivity (Wildman–Crippen MR) is 114 cm³/mol. The fraction of sp³-hybridized carbons (Fsp3) is 0.579. The minimum atomic E-state index is -1.89. The Morgan fingerprint density at radius 2 is 1.93 bits per heavy atom. The molecule has 1 amide bonds. The summed E-state index contributed by atoms with van der Waals surface area (Å²) in [5, 5.41) is 10.7. The Labute approximate surface area is 176 Å². The van der Waals surface area contributed by atoms with E-state index in [1.165, 1.54) is 24.3 Å². The van der Waals surface area contributed by atoms with Gasteiger partial charge in [-0.15, -0.1) is 11.8 Å². The number of nitro benzene ring substituents is 1. The summed E-state index contributed by atoms with van der Waals surface area (Å²) >= 11 is 1.61. The van der Waals surface area contributed by atoms with Crippen molar-refractivity contribution in [3.05, 3.63) is 39.9 Å². The SMILES string of the molecule is CC[Si](C)(C(C)C)N1C(=O)[C@@H](COC(=O)OCc2ccc([N+](=O)[O-])cc2)[C@@H]1SC. The van der Waals surface area contributed by atoms with Gasteiger partial charge in [0.2, 0.25) is 5.91 Å². The van der Waals surface area contributed by atoms with Gasteiger partial charge in [-0.25, -0.2) is 4.79 Å². The van der Waals surface area contributed by atoms with Crippen LogP contribution in [0, 0.1) is 16.0 Å².